The fourth-order valence-electron chi connectivity index (χ4n) is 2.26. The van der Waals surface area contributed by atoms with Crippen molar-refractivity contribution in [3.8, 4) is 0 Å². The highest BCUT2D eigenvalue weighted by Crippen LogP contribution is 2.32. The van der Waals surface area contributed by atoms with Crippen LogP contribution in [-0.4, -0.2) is 37.0 Å². The number of rotatable bonds is 4. The molecule has 1 aliphatic rings. The van der Waals surface area contributed by atoms with E-state index in [4.69, 9.17) is 40.5 Å². The van der Waals surface area contributed by atoms with E-state index in [-0.39, 0.29) is 5.91 Å². The average molecular weight is 337 g/mol. The zero-order valence-corrected chi connectivity index (χ0v) is 13.1. The second-order valence-corrected chi connectivity index (χ2v) is 6.14. The molecule has 1 aromatic rings. The number of nitrogens with zero attached hydrogens (tertiary/aromatic N) is 1. The predicted molar refractivity (Wildman–Crippen MR) is 83.7 cm³/mol. The molecule has 1 heterocycles. The van der Waals surface area contributed by atoms with Crippen molar-refractivity contribution in [3.63, 3.8) is 0 Å². The molecule has 0 bridgehead atoms. The van der Waals surface area contributed by atoms with E-state index in [1.54, 1.807) is 6.07 Å². The molecule has 0 radical (unpaired) electrons. The van der Waals surface area contributed by atoms with Crippen molar-refractivity contribution in [1.29, 1.82) is 0 Å². The van der Waals surface area contributed by atoms with Crippen LogP contribution < -0.4 is 11.1 Å². The van der Waals surface area contributed by atoms with Gasteiger partial charge in [-0.05, 0) is 37.6 Å². The first-order chi connectivity index (χ1) is 9.49. The van der Waals surface area contributed by atoms with Crippen LogP contribution in [0.5, 0.6) is 0 Å². The maximum absolute atomic E-state index is 12.0. The van der Waals surface area contributed by atoms with Gasteiger partial charge in [-0.15, -0.1) is 0 Å². The smallest absolute Gasteiger partial charge is 0.238 e. The van der Waals surface area contributed by atoms with Gasteiger partial charge in [0.15, 0.2) is 0 Å². The topological polar surface area (TPSA) is 58.4 Å². The maximum atomic E-state index is 12.0. The zero-order chi connectivity index (χ0) is 14.7. The van der Waals surface area contributed by atoms with Gasteiger partial charge in [-0.1, -0.05) is 34.8 Å². The van der Waals surface area contributed by atoms with E-state index < -0.39 is 0 Å². The molecule has 0 aliphatic carbocycles. The Hall–Kier alpha value is -0.520. The number of hydrogen-bond donors (Lipinski definition) is 2. The number of nitrogens with one attached hydrogen (secondary N) is 1. The van der Waals surface area contributed by atoms with Gasteiger partial charge in [0.2, 0.25) is 5.91 Å². The van der Waals surface area contributed by atoms with Crippen molar-refractivity contribution in [3.05, 3.63) is 27.2 Å². The van der Waals surface area contributed by atoms with Crippen molar-refractivity contribution < 1.29 is 4.79 Å². The quantitative estimate of drug-likeness (QED) is 0.831. The molecule has 110 valence electrons. The van der Waals surface area contributed by atoms with Crippen LogP contribution in [0.4, 0.5) is 5.69 Å². The van der Waals surface area contributed by atoms with Gasteiger partial charge in [-0.3, -0.25) is 9.69 Å². The number of hydrogen-bond acceptors (Lipinski definition) is 3. The average Bonchev–Trinajstić information content (AvgIpc) is 2.83. The second kappa shape index (κ2) is 6.96. The number of likely N-dealkylation sites (tertiary alicyclic amines) is 1. The number of anilines is 1. The summed E-state index contributed by atoms with van der Waals surface area (Å²) in [5.41, 5.74) is 6.10. The second-order valence-electron chi connectivity index (χ2n) is 4.92. The highest BCUT2D eigenvalue weighted by molar-refractivity contribution is 6.44. The Labute approximate surface area is 133 Å². The van der Waals surface area contributed by atoms with E-state index in [1.165, 1.54) is 6.07 Å². The lowest BCUT2D eigenvalue weighted by atomic mass is 10.1. The standard InChI is InChI=1S/C13H16Cl3N3O/c14-9-3-11(16)12(4-10(9)15)18-13(20)7-19-2-1-8(5-17)6-19/h3-4,8H,1-2,5-7,17H2,(H,18,20). The minimum absolute atomic E-state index is 0.122. The molecule has 3 N–H and O–H groups in total. The first-order valence-electron chi connectivity index (χ1n) is 6.36. The third-order valence-corrected chi connectivity index (χ3v) is 4.39. The minimum Gasteiger partial charge on any atom is -0.330 e. The van der Waals surface area contributed by atoms with Crippen LogP contribution in [0.2, 0.25) is 15.1 Å². The van der Waals surface area contributed by atoms with Crippen molar-refractivity contribution in [1.82, 2.24) is 4.90 Å². The van der Waals surface area contributed by atoms with E-state index in [9.17, 15) is 4.79 Å². The Bertz CT molecular complexity index is 510. The molecule has 7 heteroatoms. The highest BCUT2D eigenvalue weighted by atomic mass is 35.5. The fourth-order valence-corrected chi connectivity index (χ4v) is 2.85. The van der Waals surface area contributed by atoms with Gasteiger partial charge < -0.3 is 11.1 Å². The van der Waals surface area contributed by atoms with Gasteiger partial charge in [-0.25, -0.2) is 0 Å². The van der Waals surface area contributed by atoms with E-state index >= 15 is 0 Å². The lowest BCUT2D eigenvalue weighted by Gasteiger charge is -2.16. The molecule has 0 saturated carbocycles. The van der Waals surface area contributed by atoms with Crippen molar-refractivity contribution in [2.24, 2.45) is 11.7 Å². The minimum atomic E-state index is -0.122. The van der Waals surface area contributed by atoms with Crippen LogP contribution in [-0.2, 0) is 4.79 Å². The Balaban J connectivity index is 1.93. The Morgan fingerprint density at radius 1 is 1.30 bits per heavy atom. The van der Waals surface area contributed by atoms with E-state index in [0.29, 0.717) is 39.8 Å². The van der Waals surface area contributed by atoms with Crippen LogP contribution in [0.3, 0.4) is 0 Å². The molecule has 0 spiro atoms. The number of carbonyl (C=O) groups excluding carboxylic acids is 1. The van der Waals surface area contributed by atoms with Crippen LogP contribution in [0.25, 0.3) is 0 Å². The molecule has 0 aromatic heterocycles. The molecule has 1 aliphatic heterocycles. The molecule has 1 amide bonds. The summed E-state index contributed by atoms with van der Waals surface area (Å²) < 4.78 is 0. The summed E-state index contributed by atoms with van der Waals surface area (Å²) in [4.78, 5) is 14.1. The number of benzene rings is 1. The van der Waals surface area contributed by atoms with Crippen molar-refractivity contribution >= 4 is 46.4 Å². The molecule has 1 aromatic carbocycles. The monoisotopic (exact) mass is 335 g/mol. The SMILES string of the molecule is NCC1CCN(CC(=O)Nc2cc(Cl)c(Cl)cc2Cl)C1. The molecule has 1 unspecified atom stereocenters. The maximum Gasteiger partial charge on any atom is 0.238 e. The largest absolute Gasteiger partial charge is 0.330 e. The molecule has 4 nitrogen and oxygen atoms in total. The summed E-state index contributed by atoms with van der Waals surface area (Å²) in [6.07, 6.45) is 1.04. The molecule has 1 saturated heterocycles. The van der Waals surface area contributed by atoms with Crippen LogP contribution >= 0.6 is 34.8 Å². The number of nitrogens with two attached hydrogens (primary N) is 1. The van der Waals surface area contributed by atoms with E-state index in [1.807, 2.05) is 0 Å². The summed E-state index contributed by atoms with van der Waals surface area (Å²) >= 11 is 17.8. The summed E-state index contributed by atoms with van der Waals surface area (Å²) in [5.74, 6) is 0.360. The van der Waals surface area contributed by atoms with E-state index in [2.05, 4.69) is 10.2 Å². The zero-order valence-electron chi connectivity index (χ0n) is 10.8. The van der Waals surface area contributed by atoms with Crippen LogP contribution in [0.1, 0.15) is 6.42 Å². The predicted octanol–water partition coefficient (Wildman–Crippen LogP) is 2.87. The number of halogens is 3. The fraction of sp³-hybridized carbons (Fsp3) is 0.462. The van der Waals surface area contributed by atoms with Gasteiger partial charge >= 0.3 is 0 Å². The van der Waals surface area contributed by atoms with Gasteiger partial charge in [-0.2, -0.15) is 0 Å². The Morgan fingerprint density at radius 3 is 2.65 bits per heavy atom. The molecular weight excluding hydrogens is 321 g/mol. The molecular formula is C13H16Cl3N3O. The summed E-state index contributed by atoms with van der Waals surface area (Å²) in [6.45, 7) is 2.74. The lowest BCUT2D eigenvalue weighted by molar-refractivity contribution is -0.117. The third-order valence-electron chi connectivity index (χ3n) is 3.35. The Kier molecular flexibility index (Phi) is 5.52. The molecule has 1 fully saturated rings. The summed E-state index contributed by atoms with van der Waals surface area (Å²) in [5, 5.41) is 3.84. The van der Waals surface area contributed by atoms with Crippen molar-refractivity contribution in [2.75, 3.05) is 31.5 Å². The Morgan fingerprint density at radius 2 is 2.00 bits per heavy atom. The molecule has 2 rings (SSSR count). The van der Waals surface area contributed by atoms with Gasteiger partial charge in [0.05, 0.1) is 27.3 Å². The van der Waals surface area contributed by atoms with Gasteiger partial charge in [0, 0.05) is 6.54 Å². The third kappa shape index (κ3) is 3.99. The first-order valence-corrected chi connectivity index (χ1v) is 7.49. The van der Waals surface area contributed by atoms with E-state index in [0.717, 1.165) is 19.5 Å². The van der Waals surface area contributed by atoms with Crippen LogP contribution in [0.15, 0.2) is 12.1 Å². The van der Waals surface area contributed by atoms with Gasteiger partial charge in [0.25, 0.3) is 0 Å². The molecule has 20 heavy (non-hydrogen) atoms. The lowest BCUT2D eigenvalue weighted by Crippen LogP contribution is -2.32. The van der Waals surface area contributed by atoms with Gasteiger partial charge in [0.1, 0.15) is 0 Å². The summed E-state index contributed by atoms with van der Waals surface area (Å²) in [7, 11) is 0. The first kappa shape index (κ1) is 15.9. The highest BCUT2D eigenvalue weighted by Gasteiger charge is 2.23. The number of carbonyl (C=O) groups is 1. The van der Waals surface area contributed by atoms with Crippen molar-refractivity contribution in [2.45, 2.75) is 6.42 Å². The van der Waals surface area contributed by atoms with Crippen LogP contribution in [0, 0.1) is 5.92 Å². The number of amides is 1. The summed E-state index contributed by atoms with van der Waals surface area (Å²) in [6, 6.07) is 3.07. The normalized spacial score (nSPS) is 19.3. The molecule has 1 atom stereocenters.